The molecule has 0 aliphatic heterocycles. The highest BCUT2D eigenvalue weighted by Gasteiger charge is 2.12. The third-order valence-corrected chi connectivity index (χ3v) is 4.06. The summed E-state index contributed by atoms with van der Waals surface area (Å²) >= 11 is 6.09. The highest BCUT2D eigenvalue weighted by atomic mass is 35.5. The number of aromatic nitrogens is 2. The summed E-state index contributed by atoms with van der Waals surface area (Å²) in [7, 11) is 1.26. The van der Waals surface area contributed by atoms with Crippen LogP contribution in [0.3, 0.4) is 0 Å². The highest BCUT2D eigenvalue weighted by Crippen LogP contribution is 2.15. The van der Waals surface area contributed by atoms with Crippen LogP contribution in [-0.4, -0.2) is 22.6 Å². The van der Waals surface area contributed by atoms with Crippen LogP contribution >= 0.6 is 11.6 Å². The van der Waals surface area contributed by atoms with Crippen molar-refractivity contribution in [1.82, 2.24) is 9.55 Å². The van der Waals surface area contributed by atoms with E-state index in [-0.39, 0.29) is 17.6 Å². The summed E-state index contributed by atoms with van der Waals surface area (Å²) in [5.41, 5.74) is 0.170. The number of nitrogens with one attached hydrogen (secondary N) is 1. The first-order valence-electron chi connectivity index (χ1n) is 7.10. The fraction of sp³-hybridized carbons (Fsp3) is 0.118. The van der Waals surface area contributed by atoms with Gasteiger partial charge in [0.15, 0.2) is 0 Å². The highest BCUT2D eigenvalue weighted by molar-refractivity contribution is 6.31. The Morgan fingerprint density at radius 3 is 2.67 bits per heavy atom. The van der Waals surface area contributed by atoms with E-state index in [1.54, 1.807) is 24.3 Å². The average molecular weight is 345 g/mol. The zero-order valence-electron chi connectivity index (χ0n) is 12.7. The number of benzene rings is 2. The van der Waals surface area contributed by atoms with Crippen LogP contribution in [0.15, 0.2) is 52.1 Å². The van der Waals surface area contributed by atoms with Gasteiger partial charge in [0.05, 0.1) is 30.1 Å². The van der Waals surface area contributed by atoms with Gasteiger partial charge in [0.25, 0.3) is 5.56 Å². The molecule has 0 spiro atoms. The van der Waals surface area contributed by atoms with Crippen LogP contribution in [0.5, 0.6) is 0 Å². The summed E-state index contributed by atoms with van der Waals surface area (Å²) in [5.74, 6) is -0.544. The molecule has 0 atom stereocenters. The molecule has 2 aromatic carbocycles. The number of fused-ring (bicyclic) bond motifs is 1. The molecule has 3 rings (SSSR count). The molecule has 0 saturated carbocycles. The molecule has 0 aliphatic rings. The van der Waals surface area contributed by atoms with Gasteiger partial charge in [-0.1, -0.05) is 29.8 Å². The Labute approximate surface area is 141 Å². The predicted molar refractivity (Wildman–Crippen MR) is 90.7 cm³/mol. The fourth-order valence-corrected chi connectivity index (χ4v) is 2.64. The first kappa shape index (κ1) is 16.0. The predicted octanol–water partition coefficient (Wildman–Crippen LogP) is 2.18. The Hall–Kier alpha value is -2.86. The zero-order valence-corrected chi connectivity index (χ0v) is 13.5. The average Bonchev–Trinajstić information content (AvgIpc) is 2.58. The number of hydrogen-bond donors (Lipinski definition) is 1. The lowest BCUT2D eigenvalue weighted by Gasteiger charge is -2.08. The SMILES string of the molecule is COC(=O)c1ccc2c(=O)n(Cc3ccccc3Cl)c(=O)[nH]c2c1. The van der Waals surface area contributed by atoms with E-state index >= 15 is 0 Å². The molecule has 7 heteroatoms. The van der Waals surface area contributed by atoms with Gasteiger partial charge in [0.1, 0.15) is 0 Å². The summed E-state index contributed by atoms with van der Waals surface area (Å²) in [4.78, 5) is 39.0. The Balaban J connectivity index is 2.14. The van der Waals surface area contributed by atoms with Gasteiger partial charge in [-0.05, 0) is 29.8 Å². The smallest absolute Gasteiger partial charge is 0.337 e. The molecule has 0 saturated heterocycles. The van der Waals surface area contributed by atoms with Crippen LogP contribution in [0, 0.1) is 0 Å². The van der Waals surface area contributed by atoms with Gasteiger partial charge in [-0.2, -0.15) is 0 Å². The monoisotopic (exact) mass is 344 g/mol. The van der Waals surface area contributed by atoms with Crippen LogP contribution in [0.25, 0.3) is 10.9 Å². The van der Waals surface area contributed by atoms with Gasteiger partial charge in [-0.15, -0.1) is 0 Å². The number of H-pyrrole nitrogens is 1. The number of carbonyl (C=O) groups excluding carboxylic acids is 1. The van der Waals surface area contributed by atoms with Gasteiger partial charge in [-0.3, -0.25) is 9.36 Å². The number of hydrogen-bond acceptors (Lipinski definition) is 4. The first-order chi connectivity index (χ1) is 11.5. The number of esters is 1. The lowest BCUT2D eigenvalue weighted by molar-refractivity contribution is 0.0601. The molecule has 0 amide bonds. The van der Waals surface area contributed by atoms with Crippen LogP contribution in [0.2, 0.25) is 5.02 Å². The van der Waals surface area contributed by atoms with Crippen molar-refractivity contribution in [1.29, 1.82) is 0 Å². The molecule has 1 N–H and O–H groups in total. The van der Waals surface area contributed by atoms with Crippen molar-refractivity contribution in [2.45, 2.75) is 6.54 Å². The number of aromatic amines is 1. The summed E-state index contributed by atoms with van der Waals surface area (Å²) in [5, 5.41) is 0.777. The lowest BCUT2D eigenvalue weighted by atomic mass is 10.1. The van der Waals surface area contributed by atoms with Gasteiger partial charge in [0.2, 0.25) is 0 Å². The Morgan fingerprint density at radius 1 is 1.21 bits per heavy atom. The number of carbonyl (C=O) groups is 1. The molecule has 0 unspecified atom stereocenters. The Kier molecular flexibility index (Phi) is 4.22. The molecular formula is C17H13ClN2O4. The van der Waals surface area contributed by atoms with E-state index in [0.717, 1.165) is 4.57 Å². The number of nitrogens with zero attached hydrogens (tertiary/aromatic N) is 1. The van der Waals surface area contributed by atoms with E-state index in [4.69, 9.17) is 11.6 Å². The summed E-state index contributed by atoms with van der Waals surface area (Å²) < 4.78 is 5.70. The third kappa shape index (κ3) is 2.83. The molecule has 3 aromatic rings. The van der Waals surface area contributed by atoms with E-state index in [1.165, 1.54) is 25.3 Å². The zero-order chi connectivity index (χ0) is 17.3. The van der Waals surface area contributed by atoms with Crippen molar-refractivity contribution in [3.8, 4) is 0 Å². The maximum atomic E-state index is 12.6. The molecule has 0 fully saturated rings. The van der Waals surface area contributed by atoms with Crippen LogP contribution in [0.4, 0.5) is 0 Å². The van der Waals surface area contributed by atoms with Gasteiger partial charge >= 0.3 is 11.7 Å². The van der Waals surface area contributed by atoms with Gasteiger partial charge < -0.3 is 9.72 Å². The number of halogens is 1. The van der Waals surface area contributed by atoms with Crippen LogP contribution < -0.4 is 11.2 Å². The minimum absolute atomic E-state index is 0.0581. The van der Waals surface area contributed by atoms with E-state index in [2.05, 4.69) is 9.72 Å². The van der Waals surface area contributed by atoms with Gasteiger partial charge in [-0.25, -0.2) is 9.59 Å². The maximum absolute atomic E-state index is 12.6. The maximum Gasteiger partial charge on any atom is 0.337 e. The first-order valence-corrected chi connectivity index (χ1v) is 7.47. The van der Waals surface area contributed by atoms with Gasteiger partial charge in [0, 0.05) is 5.02 Å². The molecule has 122 valence electrons. The van der Waals surface area contributed by atoms with Crippen molar-refractivity contribution in [2.75, 3.05) is 7.11 Å². The normalized spacial score (nSPS) is 10.8. The number of rotatable bonds is 3. The second-order valence-electron chi connectivity index (χ2n) is 5.16. The summed E-state index contributed by atoms with van der Waals surface area (Å²) in [6.07, 6.45) is 0. The molecule has 0 bridgehead atoms. The van der Waals surface area contributed by atoms with Crippen LogP contribution in [-0.2, 0) is 11.3 Å². The second kappa shape index (κ2) is 6.33. The van der Waals surface area contributed by atoms with Crippen molar-refractivity contribution < 1.29 is 9.53 Å². The quantitative estimate of drug-likeness (QED) is 0.738. The molecule has 6 nitrogen and oxygen atoms in total. The van der Waals surface area contributed by atoms with Crippen molar-refractivity contribution >= 4 is 28.5 Å². The molecule has 0 radical (unpaired) electrons. The number of ether oxygens (including phenoxy) is 1. The topological polar surface area (TPSA) is 81.2 Å². The summed E-state index contributed by atoms with van der Waals surface area (Å²) in [6.45, 7) is 0.0581. The van der Waals surface area contributed by atoms with E-state index in [1.807, 2.05) is 0 Å². The van der Waals surface area contributed by atoms with E-state index in [9.17, 15) is 14.4 Å². The Morgan fingerprint density at radius 2 is 1.96 bits per heavy atom. The van der Waals surface area contributed by atoms with Crippen molar-refractivity contribution in [3.05, 3.63) is 79.5 Å². The number of methoxy groups -OCH3 is 1. The van der Waals surface area contributed by atoms with Crippen LogP contribution in [0.1, 0.15) is 15.9 Å². The van der Waals surface area contributed by atoms with Crippen molar-refractivity contribution in [2.24, 2.45) is 0 Å². The van der Waals surface area contributed by atoms with Crippen molar-refractivity contribution in [3.63, 3.8) is 0 Å². The lowest BCUT2D eigenvalue weighted by Crippen LogP contribution is -2.35. The molecule has 1 aromatic heterocycles. The minimum Gasteiger partial charge on any atom is -0.465 e. The molecule has 1 heterocycles. The molecule has 24 heavy (non-hydrogen) atoms. The largest absolute Gasteiger partial charge is 0.465 e. The standard InChI is InChI=1S/C17H13ClN2O4/c1-24-16(22)10-6-7-12-14(8-10)19-17(23)20(15(12)21)9-11-4-2-3-5-13(11)18/h2-8H,9H2,1H3,(H,19,23). The van der Waals surface area contributed by atoms with E-state index in [0.29, 0.717) is 16.0 Å². The Bertz CT molecular complexity index is 1050. The summed E-state index contributed by atoms with van der Waals surface area (Å²) in [6, 6.07) is 11.4. The molecule has 0 aliphatic carbocycles. The fourth-order valence-electron chi connectivity index (χ4n) is 2.44. The van der Waals surface area contributed by atoms with E-state index < -0.39 is 17.2 Å². The molecular weight excluding hydrogens is 332 g/mol. The second-order valence-corrected chi connectivity index (χ2v) is 5.57. The third-order valence-electron chi connectivity index (χ3n) is 3.69. The minimum atomic E-state index is -0.575.